The number of nitrogens with zero attached hydrogens (tertiary/aromatic N) is 4. The lowest BCUT2D eigenvalue weighted by Crippen LogP contribution is -2.04. The molecule has 1 saturated carbocycles. The predicted octanol–water partition coefficient (Wildman–Crippen LogP) is 2.07. The number of hydrogen-bond acceptors (Lipinski definition) is 3. The molecule has 0 aliphatic heterocycles. The van der Waals surface area contributed by atoms with Crippen LogP contribution in [0.25, 0.3) is 11.3 Å². The molecule has 1 aliphatic rings. The lowest BCUT2D eigenvalue weighted by Gasteiger charge is -2.05. The van der Waals surface area contributed by atoms with Crippen molar-refractivity contribution in [3.8, 4) is 11.3 Å². The van der Waals surface area contributed by atoms with Gasteiger partial charge in [-0.2, -0.15) is 5.10 Å². The molecular formula is C13H19N5. The summed E-state index contributed by atoms with van der Waals surface area (Å²) in [5.41, 5.74) is 9.29. The normalized spacial score (nSPS) is 15.3. The van der Waals surface area contributed by atoms with Gasteiger partial charge in [0.05, 0.1) is 6.20 Å². The lowest BCUT2D eigenvalue weighted by molar-refractivity contribution is 0.708. The molecule has 1 fully saturated rings. The third-order valence-corrected chi connectivity index (χ3v) is 3.79. The van der Waals surface area contributed by atoms with Gasteiger partial charge in [0.2, 0.25) is 0 Å². The molecule has 3 rings (SSSR count). The summed E-state index contributed by atoms with van der Waals surface area (Å²) >= 11 is 0. The molecule has 0 spiro atoms. The van der Waals surface area contributed by atoms with Crippen molar-refractivity contribution in [1.29, 1.82) is 0 Å². The lowest BCUT2D eigenvalue weighted by atomic mass is 10.2. The number of rotatable bonds is 3. The van der Waals surface area contributed by atoms with E-state index in [-0.39, 0.29) is 0 Å². The van der Waals surface area contributed by atoms with Gasteiger partial charge in [-0.3, -0.25) is 4.68 Å². The van der Waals surface area contributed by atoms with Gasteiger partial charge in [0, 0.05) is 30.8 Å². The van der Waals surface area contributed by atoms with E-state index >= 15 is 0 Å². The van der Waals surface area contributed by atoms with Crippen molar-refractivity contribution in [2.24, 2.45) is 7.05 Å². The molecule has 0 saturated heterocycles. The van der Waals surface area contributed by atoms with Gasteiger partial charge in [-0.05, 0) is 26.7 Å². The van der Waals surface area contributed by atoms with Crippen LogP contribution in [0.1, 0.15) is 37.2 Å². The third-order valence-electron chi connectivity index (χ3n) is 3.79. The number of imidazole rings is 1. The maximum Gasteiger partial charge on any atom is 0.131 e. The fraction of sp³-hybridized carbons (Fsp3) is 0.538. The van der Waals surface area contributed by atoms with Crippen LogP contribution in [0.15, 0.2) is 6.20 Å². The SMILES string of the molecule is CCn1c(C2CC2)nc(-c2cnn(C)c2C)c1N. The summed E-state index contributed by atoms with van der Waals surface area (Å²) in [5.74, 6) is 2.53. The van der Waals surface area contributed by atoms with Crippen molar-refractivity contribution in [3.63, 3.8) is 0 Å². The van der Waals surface area contributed by atoms with Crippen molar-refractivity contribution < 1.29 is 0 Å². The molecular weight excluding hydrogens is 226 g/mol. The second-order valence-corrected chi connectivity index (χ2v) is 4.99. The second-order valence-electron chi connectivity index (χ2n) is 4.99. The van der Waals surface area contributed by atoms with E-state index in [1.165, 1.54) is 12.8 Å². The molecule has 0 radical (unpaired) electrons. The Kier molecular flexibility index (Phi) is 2.43. The quantitative estimate of drug-likeness (QED) is 0.900. The summed E-state index contributed by atoms with van der Waals surface area (Å²) in [6.45, 7) is 5.04. The highest BCUT2D eigenvalue weighted by atomic mass is 15.3. The van der Waals surface area contributed by atoms with Crippen LogP contribution >= 0.6 is 0 Å². The van der Waals surface area contributed by atoms with E-state index in [2.05, 4.69) is 16.6 Å². The maximum atomic E-state index is 6.25. The van der Waals surface area contributed by atoms with Crippen molar-refractivity contribution in [1.82, 2.24) is 19.3 Å². The molecule has 2 aromatic rings. The van der Waals surface area contributed by atoms with E-state index in [1.807, 2.05) is 24.9 Å². The largest absolute Gasteiger partial charge is 0.383 e. The molecule has 0 amide bonds. The zero-order chi connectivity index (χ0) is 12.9. The van der Waals surface area contributed by atoms with Crippen LogP contribution in [0, 0.1) is 6.92 Å². The molecule has 2 aromatic heterocycles. The molecule has 96 valence electrons. The van der Waals surface area contributed by atoms with E-state index in [4.69, 9.17) is 10.7 Å². The number of anilines is 1. The number of hydrogen-bond donors (Lipinski definition) is 1. The Hall–Kier alpha value is -1.78. The zero-order valence-corrected chi connectivity index (χ0v) is 11.1. The van der Waals surface area contributed by atoms with Crippen LogP contribution in [-0.4, -0.2) is 19.3 Å². The standard InChI is InChI=1S/C13H19N5/c1-4-18-12(14)11(16-13(18)9-5-6-9)10-7-15-17(3)8(10)2/h7,9H,4-6,14H2,1-3H3. The molecule has 0 unspecified atom stereocenters. The monoisotopic (exact) mass is 245 g/mol. The number of nitrogen functional groups attached to an aromatic ring is 1. The molecule has 2 heterocycles. The molecule has 5 nitrogen and oxygen atoms in total. The Morgan fingerprint density at radius 2 is 2.17 bits per heavy atom. The highest BCUT2D eigenvalue weighted by Gasteiger charge is 2.31. The average Bonchev–Trinajstić information content (AvgIpc) is 3.08. The smallest absolute Gasteiger partial charge is 0.131 e. The summed E-state index contributed by atoms with van der Waals surface area (Å²) in [7, 11) is 1.94. The van der Waals surface area contributed by atoms with Crippen LogP contribution in [0.3, 0.4) is 0 Å². The van der Waals surface area contributed by atoms with Crippen molar-refractivity contribution in [2.45, 2.75) is 39.2 Å². The van der Waals surface area contributed by atoms with Crippen molar-refractivity contribution in [3.05, 3.63) is 17.7 Å². The maximum absolute atomic E-state index is 6.25. The van der Waals surface area contributed by atoms with Gasteiger partial charge in [-0.25, -0.2) is 4.98 Å². The first-order valence-corrected chi connectivity index (χ1v) is 6.48. The molecule has 18 heavy (non-hydrogen) atoms. The van der Waals surface area contributed by atoms with Crippen LogP contribution in [-0.2, 0) is 13.6 Å². The van der Waals surface area contributed by atoms with Gasteiger partial charge >= 0.3 is 0 Å². The zero-order valence-electron chi connectivity index (χ0n) is 11.1. The Balaban J connectivity index is 2.15. The van der Waals surface area contributed by atoms with Crippen LogP contribution < -0.4 is 5.73 Å². The first-order valence-electron chi connectivity index (χ1n) is 6.48. The molecule has 2 N–H and O–H groups in total. The fourth-order valence-corrected chi connectivity index (χ4v) is 2.40. The molecule has 0 aromatic carbocycles. The predicted molar refractivity (Wildman–Crippen MR) is 71.2 cm³/mol. The summed E-state index contributed by atoms with van der Waals surface area (Å²) < 4.78 is 4.00. The highest BCUT2D eigenvalue weighted by Crippen LogP contribution is 2.42. The Morgan fingerprint density at radius 3 is 2.67 bits per heavy atom. The number of aromatic nitrogens is 4. The molecule has 0 bridgehead atoms. The van der Waals surface area contributed by atoms with Crippen LogP contribution in [0.2, 0.25) is 0 Å². The first kappa shape index (κ1) is 11.3. The van der Waals surface area contributed by atoms with Crippen LogP contribution in [0.4, 0.5) is 5.82 Å². The molecule has 0 atom stereocenters. The van der Waals surface area contributed by atoms with E-state index < -0.39 is 0 Å². The minimum absolute atomic E-state index is 0.609. The summed E-state index contributed by atoms with van der Waals surface area (Å²) in [5, 5.41) is 4.27. The van der Waals surface area contributed by atoms with Crippen LogP contribution in [0.5, 0.6) is 0 Å². The Morgan fingerprint density at radius 1 is 1.44 bits per heavy atom. The molecule has 1 aliphatic carbocycles. The number of aryl methyl sites for hydroxylation is 1. The van der Waals surface area contributed by atoms with E-state index in [0.717, 1.165) is 35.1 Å². The third kappa shape index (κ3) is 1.54. The van der Waals surface area contributed by atoms with Gasteiger partial charge in [-0.15, -0.1) is 0 Å². The van der Waals surface area contributed by atoms with Gasteiger partial charge in [0.25, 0.3) is 0 Å². The van der Waals surface area contributed by atoms with Gasteiger partial charge in [0.1, 0.15) is 17.3 Å². The van der Waals surface area contributed by atoms with E-state index in [1.54, 1.807) is 0 Å². The topological polar surface area (TPSA) is 61.7 Å². The Bertz CT molecular complexity index is 589. The van der Waals surface area contributed by atoms with Gasteiger partial charge in [-0.1, -0.05) is 0 Å². The highest BCUT2D eigenvalue weighted by molar-refractivity contribution is 5.72. The summed E-state index contributed by atoms with van der Waals surface area (Å²) in [6, 6.07) is 0. The minimum atomic E-state index is 0.609. The van der Waals surface area contributed by atoms with E-state index in [9.17, 15) is 0 Å². The first-order chi connectivity index (χ1) is 8.63. The average molecular weight is 245 g/mol. The summed E-state index contributed by atoms with van der Waals surface area (Å²) in [4.78, 5) is 4.77. The van der Waals surface area contributed by atoms with Gasteiger partial charge in [0.15, 0.2) is 0 Å². The Labute approximate surface area is 107 Å². The second kappa shape index (κ2) is 3.86. The number of nitrogens with two attached hydrogens (primary N) is 1. The summed E-state index contributed by atoms with van der Waals surface area (Å²) in [6.07, 6.45) is 4.33. The van der Waals surface area contributed by atoms with Gasteiger partial charge < -0.3 is 10.3 Å². The van der Waals surface area contributed by atoms with E-state index in [0.29, 0.717) is 5.92 Å². The molecule has 5 heteroatoms. The minimum Gasteiger partial charge on any atom is -0.383 e. The fourth-order valence-electron chi connectivity index (χ4n) is 2.40. The van der Waals surface area contributed by atoms with Crippen molar-refractivity contribution in [2.75, 3.05) is 5.73 Å². The van der Waals surface area contributed by atoms with Crippen molar-refractivity contribution >= 4 is 5.82 Å².